The van der Waals surface area contributed by atoms with Crippen molar-refractivity contribution in [3.05, 3.63) is 65.1 Å². The van der Waals surface area contributed by atoms with Crippen molar-refractivity contribution in [2.45, 2.75) is 6.61 Å². The second kappa shape index (κ2) is 7.30. The highest BCUT2D eigenvalue weighted by atomic mass is 19.3. The first-order chi connectivity index (χ1) is 12.5. The molecule has 0 fully saturated rings. The number of carbonyl (C=O) groups excluding carboxylic acids is 1. The smallest absolute Gasteiger partial charge is 0.387 e. The fourth-order valence-electron chi connectivity index (χ4n) is 2.29. The lowest BCUT2D eigenvalue weighted by atomic mass is 10.1. The molecule has 1 aliphatic rings. The third-order valence-corrected chi connectivity index (χ3v) is 3.43. The number of alkyl halides is 2. The van der Waals surface area contributed by atoms with Crippen LogP contribution in [0.3, 0.4) is 0 Å². The van der Waals surface area contributed by atoms with Crippen LogP contribution in [0.15, 0.2) is 53.2 Å². The zero-order valence-electron chi connectivity index (χ0n) is 13.4. The van der Waals surface area contributed by atoms with Crippen LogP contribution in [0, 0.1) is 5.82 Å². The lowest BCUT2D eigenvalue weighted by molar-refractivity contribution is -0.129. The third-order valence-electron chi connectivity index (χ3n) is 3.43. The van der Waals surface area contributed by atoms with Gasteiger partial charge in [0.25, 0.3) is 0 Å². The number of cyclic esters (lactones) is 1. The van der Waals surface area contributed by atoms with Crippen LogP contribution in [0.5, 0.6) is 11.5 Å². The first-order valence-electron chi connectivity index (χ1n) is 7.38. The number of nitrogens with zero attached hydrogens (tertiary/aromatic N) is 1. The Morgan fingerprint density at radius 3 is 2.62 bits per heavy atom. The molecule has 5 nitrogen and oxygen atoms in total. The second-order valence-corrected chi connectivity index (χ2v) is 5.10. The van der Waals surface area contributed by atoms with Gasteiger partial charge in [-0.15, -0.1) is 0 Å². The molecule has 2 aromatic rings. The van der Waals surface area contributed by atoms with E-state index < -0.39 is 18.4 Å². The molecule has 0 spiro atoms. The zero-order valence-corrected chi connectivity index (χ0v) is 13.4. The summed E-state index contributed by atoms with van der Waals surface area (Å²) >= 11 is 0. The number of halogens is 3. The maximum atomic E-state index is 13.8. The van der Waals surface area contributed by atoms with Crippen LogP contribution in [0.4, 0.5) is 13.2 Å². The minimum absolute atomic E-state index is 0.0423. The standard InChI is InChI=1S/C18H12F3NO4/c1-24-14-7-6-10(9-15(14)25-18(20)21)8-13-17(23)26-16(22-13)11-4-2-3-5-12(11)19/h2-9,18H,1H3. The van der Waals surface area contributed by atoms with Crippen molar-refractivity contribution in [1.29, 1.82) is 0 Å². The van der Waals surface area contributed by atoms with Gasteiger partial charge in [-0.1, -0.05) is 18.2 Å². The molecule has 134 valence electrons. The minimum Gasteiger partial charge on any atom is -0.493 e. The minimum atomic E-state index is -3.03. The number of methoxy groups -OCH3 is 1. The van der Waals surface area contributed by atoms with E-state index in [1.165, 1.54) is 49.6 Å². The van der Waals surface area contributed by atoms with Crippen LogP contribution in [-0.4, -0.2) is 25.6 Å². The largest absolute Gasteiger partial charge is 0.493 e. The predicted octanol–water partition coefficient (Wildman–Crippen LogP) is 3.78. The van der Waals surface area contributed by atoms with Gasteiger partial charge in [0.05, 0.1) is 12.7 Å². The first kappa shape index (κ1) is 17.5. The van der Waals surface area contributed by atoms with Gasteiger partial charge in [-0.25, -0.2) is 14.2 Å². The number of rotatable bonds is 5. The van der Waals surface area contributed by atoms with Crippen molar-refractivity contribution in [2.75, 3.05) is 7.11 Å². The fourth-order valence-corrected chi connectivity index (χ4v) is 2.29. The quantitative estimate of drug-likeness (QED) is 0.599. The number of hydrogen-bond donors (Lipinski definition) is 0. The fraction of sp³-hybridized carbons (Fsp3) is 0.111. The van der Waals surface area contributed by atoms with E-state index in [4.69, 9.17) is 9.47 Å². The van der Waals surface area contributed by atoms with Crippen molar-refractivity contribution in [3.63, 3.8) is 0 Å². The molecular formula is C18H12F3NO4. The van der Waals surface area contributed by atoms with E-state index in [0.29, 0.717) is 5.56 Å². The van der Waals surface area contributed by atoms with E-state index in [2.05, 4.69) is 9.73 Å². The second-order valence-electron chi connectivity index (χ2n) is 5.10. The number of benzene rings is 2. The van der Waals surface area contributed by atoms with Gasteiger partial charge in [0, 0.05) is 0 Å². The van der Waals surface area contributed by atoms with E-state index in [-0.39, 0.29) is 28.7 Å². The van der Waals surface area contributed by atoms with Gasteiger partial charge in [-0.05, 0) is 35.9 Å². The summed E-state index contributed by atoms with van der Waals surface area (Å²) < 4.78 is 53.1. The molecule has 1 heterocycles. The first-order valence-corrected chi connectivity index (χ1v) is 7.38. The highest BCUT2D eigenvalue weighted by molar-refractivity contribution is 6.12. The molecule has 0 atom stereocenters. The Kier molecular flexibility index (Phi) is 4.92. The summed E-state index contributed by atoms with van der Waals surface area (Å²) in [4.78, 5) is 15.9. The number of aliphatic imine (C=N–C) groups is 1. The van der Waals surface area contributed by atoms with Gasteiger partial charge in [-0.2, -0.15) is 8.78 Å². The molecule has 0 N–H and O–H groups in total. The molecule has 0 saturated carbocycles. The van der Waals surface area contributed by atoms with Crippen LogP contribution in [0.2, 0.25) is 0 Å². The summed E-state index contributed by atoms with van der Waals surface area (Å²) in [6, 6.07) is 9.90. The van der Waals surface area contributed by atoms with Crippen LogP contribution in [0.1, 0.15) is 11.1 Å². The van der Waals surface area contributed by atoms with Gasteiger partial charge in [0.15, 0.2) is 17.2 Å². The molecule has 0 amide bonds. The van der Waals surface area contributed by atoms with Crippen molar-refractivity contribution in [2.24, 2.45) is 4.99 Å². The molecular weight excluding hydrogens is 351 g/mol. The van der Waals surface area contributed by atoms with E-state index in [9.17, 15) is 18.0 Å². The molecule has 0 radical (unpaired) electrons. The average molecular weight is 363 g/mol. The Morgan fingerprint density at radius 1 is 1.15 bits per heavy atom. The molecule has 0 unspecified atom stereocenters. The third kappa shape index (κ3) is 3.69. The van der Waals surface area contributed by atoms with Gasteiger partial charge in [0.2, 0.25) is 5.90 Å². The highest BCUT2D eigenvalue weighted by Crippen LogP contribution is 2.31. The molecule has 0 aromatic heterocycles. The summed E-state index contributed by atoms with van der Waals surface area (Å²) in [5, 5.41) is 0. The molecule has 8 heteroatoms. The lowest BCUT2D eigenvalue weighted by Crippen LogP contribution is -2.07. The normalized spacial score (nSPS) is 15.2. The van der Waals surface area contributed by atoms with Gasteiger partial charge in [-0.3, -0.25) is 0 Å². The molecule has 1 aliphatic heterocycles. The molecule has 3 rings (SSSR count). The van der Waals surface area contributed by atoms with Crippen molar-refractivity contribution >= 4 is 17.9 Å². The summed E-state index contributed by atoms with van der Waals surface area (Å²) in [5.41, 5.74) is 0.295. The Bertz CT molecular complexity index is 909. The molecule has 26 heavy (non-hydrogen) atoms. The summed E-state index contributed by atoms with van der Waals surface area (Å²) in [7, 11) is 1.31. The Labute approximate surface area is 146 Å². The topological polar surface area (TPSA) is 57.1 Å². The predicted molar refractivity (Wildman–Crippen MR) is 86.6 cm³/mol. The van der Waals surface area contributed by atoms with Gasteiger partial charge >= 0.3 is 12.6 Å². The molecule has 2 aromatic carbocycles. The lowest BCUT2D eigenvalue weighted by Gasteiger charge is -2.10. The molecule has 0 aliphatic carbocycles. The van der Waals surface area contributed by atoms with E-state index >= 15 is 0 Å². The van der Waals surface area contributed by atoms with E-state index in [1.807, 2.05) is 0 Å². The Hall–Kier alpha value is -3.29. The maximum absolute atomic E-state index is 13.8. The van der Waals surface area contributed by atoms with Crippen molar-refractivity contribution < 1.29 is 32.2 Å². The Balaban J connectivity index is 1.94. The van der Waals surface area contributed by atoms with Crippen LogP contribution >= 0.6 is 0 Å². The SMILES string of the molecule is COc1ccc(C=C2N=C(c3ccccc3F)OC2=O)cc1OC(F)F. The van der Waals surface area contributed by atoms with Crippen molar-refractivity contribution in [3.8, 4) is 11.5 Å². The summed E-state index contributed by atoms with van der Waals surface area (Å²) in [6.07, 6.45) is 1.31. The van der Waals surface area contributed by atoms with Gasteiger partial charge < -0.3 is 14.2 Å². The van der Waals surface area contributed by atoms with E-state index in [0.717, 1.165) is 0 Å². The number of esters is 1. The van der Waals surface area contributed by atoms with Crippen molar-refractivity contribution in [1.82, 2.24) is 0 Å². The zero-order chi connectivity index (χ0) is 18.7. The summed E-state index contributed by atoms with van der Waals surface area (Å²) in [6.45, 7) is -3.03. The van der Waals surface area contributed by atoms with Crippen LogP contribution in [-0.2, 0) is 9.53 Å². The summed E-state index contributed by atoms with van der Waals surface area (Å²) in [5.74, 6) is -1.62. The maximum Gasteiger partial charge on any atom is 0.387 e. The molecule has 0 bridgehead atoms. The van der Waals surface area contributed by atoms with Gasteiger partial charge in [0.1, 0.15) is 5.82 Å². The van der Waals surface area contributed by atoms with E-state index in [1.54, 1.807) is 6.07 Å². The average Bonchev–Trinajstić information content (AvgIpc) is 2.95. The number of carbonyl (C=O) groups is 1. The highest BCUT2D eigenvalue weighted by Gasteiger charge is 2.26. The van der Waals surface area contributed by atoms with Crippen LogP contribution < -0.4 is 9.47 Å². The monoisotopic (exact) mass is 363 g/mol. The van der Waals surface area contributed by atoms with Crippen LogP contribution in [0.25, 0.3) is 6.08 Å². The Morgan fingerprint density at radius 2 is 1.92 bits per heavy atom. The molecule has 0 saturated heterocycles. The number of hydrogen-bond acceptors (Lipinski definition) is 5. The number of ether oxygens (including phenoxy) is 3.